The van der Waals surface area contributed by atoms with Crippen LogP contribution in [-0.4, -0.2) is 24.4 Å². The summed E-state index contributed by atoms with van der Waals surface area (Å²) in [5.74, 6) is 0.859. The van der Waals surface area contributed by atoms with E-state index in [1.165, 1.54) is 5.56 Å². The molecule has 0 radical (unpaired) electrons. The molecule has 1 aromatic rings. The minimum Gasteiger partial charge on any atom is -0.494 e. The van der Waals surface area contributed by atoms with Crippen molar-refractivity contribution < 1.29 is 9.84 Å². The lowest BCUT2D eigenvalue weighted by Gasteiger charge is -2.09. The largest absolute Gasteiger partial charge is 0.494 e. The van der Waals surface area contributed by atoms with Gasteiger partial charge in [-0.25, -0.2) is 0 Å². The third-order valence-electron chi connectivity index (χ3n) is 2.32. The molecular weight excluding hydrogens is 190 g/mol. The van der Waals surface area contributed by atoms with Crippen LogP contribution in [0.4, 0.5) is 0 Å². The Labute approximate surface area is 90.9 Å². The van der Waals surface area contributed by atoms with Gasteiger partial charge >= 0.3 is 0 Å². The van der Waals surface area contributed by atoms with Crippen LogP contribution in [0.2, 0.25) is 0 Å². The number of hydrogen-bond donors (Lipinski definition) is 2. The Morgan fingerprint density at radius 1 is 1.33 bits per heavy atom. The van der Waals surface area contributed by atoms with E-state index in [1.807, 2.05) is 12.1 Å². The van der Waals surface area contributed by atoms with Gasteiger partial charge in [-0.05, 0) is 30.5 Å². The Bertz CT molecular complexity index is 271. The van der Waals surface area contributed by atoms with Crippen LogP contribution in [0, 0.1) is 0 Å². The fourth-order valence-corrected chi connectivity index (χ4v) is 1.24. The van der Waals surface area contributed by atoms with Crippen molar-refractivity contribution in [3.63, 3.8) is 0 Å². The standard InChI is InChI=1S/C12H19NO2/c1-2-10-3-5-12(6-4-10)15-8-7-11(13)9-14/h3-6,11,14H,2,7-9,13H2,1H3. The Kier molecular flexibility index (Phi) is 5.15. The lowest BCUT2D eigenvalue weighted by atomic mass is 10.2. The van der Waals surface area contributed by atoms with Crippen molar-refractivity contribution in [1.82, 2.24) is 0 Å². The first-order valence-electron chi connectivity index (χ1n) is 5.34. The first-order chi connectivity index (χ1) is 7.26. The first-order valence-corrected chi connectivity index (χ1v) is 5.34. The molecule has 0 aliphatic heterocycles. The maximum atomic E-state index is 8.72. The van der Waals surface area contributed by atoms with Gasteiger partial charge in [-0.15, -0.1) is 0 Å². The first kappa shape index (κ1) is 12.0. The quantitative estimate of drug-likeness (QED) is 0.743. The fraction of sp³-hybridized carbons (Fsp3) is 0.500. The number of aryl methyl sites for hydroxylation is 1. The minimum atomic E-state index is -0.181. The summed E-state index contributed by atoms with van der Waals surface area (Å²) in [7, 11) is 0. The predicted molar refractivity (Wildman–Crippen MR) is 61.0 cm³/mol. The van der Waals surface area contributed by atoms with Gasteiger partial charge < -0.3 is 15.6 Å². The van der Waals surface area contributed by atoms with Crippen molar-refractivity contribution in [3.05, 3.63) is 29.8 Å². The summed E-state index contributed by atoms with van der Waals surface area (Å²) < 4.78 is 5.49. The highest BCUT2D eigenvalue weighted by Gasteiger charge is 2.00. The number of aliphatic hydroxyl groups is 1. The van der Waals surface area contributed by atoms with Crippen LogP contribution in [0.5, 0.6) is 5.75 Å². The molecule has 0 bridgehead atoms. The lowest BCUT2D eigenvalue weighted by molar-refractivity contribution is 0.230. The maximum absolute atomic E-state index is 8.72. The minimum absolute atomic E-state index is 0.0120. The van der Waals surface area contributed by atoms with E-state index in [4.69, 9.17) is 15.6 Å². The van der Waals surface area contributed by atoms with E-state index >= 15 is 0 Å². The second-order valence-corrected chi connectivity index (χ2v) is 3.58. The number of hydrogen-bond acceptors (Lipinski definition) is 3. The predicted octanol–water partition coefficient (Wildman–Crippen LogP) is 1.34. The highest BCUT2D eigenvalue weighted by Crippen LogP contribution is 2.12. The van der Waals surface area contributed by atoms with Crippen LogP contribution in [-0.2, 0) is 6.42 Å². The molecule has 3 heteroatoms. The summed E-state index contributed by atoms with van der Waals surface area (Å²) in [6.45, 7) is 2.68. The van der Waals surface area contributed by atoms with E-state index in [1.54, 1.807) is 0 Å². The molecule has 0 saturated heterocycles. The molecule has 0 saturated carbocycles. The average molecular weight is 209 g/mol. The van der Waals surface area contributed by atoms with Crippen LogP contribution in [0.1, 0.15) is 18.9 Å². The molecule has 1 unspecified atom stereocenters. The zero-order valence-corrected chi connectivity index (χ0v) is 9.15. The lowest BCUT2D eigenvalue weighted by Crippen LogP contribution is -2.26. The molecule has 15 heavy (non-hydrogen) atoms. The van der Waals surface area contributed by atoms with Gasteiger partial charge in [0.25, 0.3) is 0 Å². The van der Waals surface area contributed by atoms with Crippen molar-refractivity contribution >= 4 is 0 Å². The Hall–Kier alpha value is -1.06. The Balaban J connectivity index is 2.31. The molecule has 0 aliphatic rings. The van der Waals surface area contributed by atoms with Crippen LogP contribution in [0.15, 0.2) is 24.3 Å². The van der Waals surface area contributed by atoms with Gasteiger partial charge in [0, 0.05) is 6.04 Å². The molecule has 3 N–H and O–H groups in total. The topological polar surface area (TPSA) is 55.5 Å². The summed E-state index contributed by atoms with van der Waals surface area (Å²) in [4.78, 5) is 0. The van der Waals surface area contributed by atoms with Crippen molar-refractivity contribution in [3.8, 4) is 5.75 Å². The molecule has 1 rings (SSSR count). The van der Waals surface area contributed by atoms with Crippen molar-refractivity contribution in [2.75, 3.05) is 13.2 Å². The summed E-state index contributed by atoms with van der Waals surface area (Å²) >= 11 is 0. The van der Waals surface area contributed by atoms with Crippen LogP contribution in [0.3, 0.4) is 0 Å². The number of rotatable bonds is 6. The summed E-state index contributed by atoms with van der Waals surface area (Å²) in [5.41, 5.74) is 6.85. The number of ether oxygens (including phenoxy) is 1. The van der Waals surface area contributed by atoms with E-state index in [2.05, 4.69) is 19.1 Å². The molecule has 0 aliphatic carbocycles. The molecule has 1 aromatic carbocycles. The van der Waals surface area contributed by atoms with Crippen LogP contribution in [0.25, 0.3) is 0 Å². The number of benzene rings is 1. The molecule has 0 heterocycles. The zero-order valence-electron chi connectivity index (χ0n) is 9.15. The Morgan fingerprint density at radius 2 is 2.00 bits per heavy atom. The van der Waals surface area contributed by atoms with Gasteiger partial charge in [0.05, 0.1) is 13.2 Å². The van der Waals surface area contributed by atoms with E-state index in [-0.39, 0.29) is 12.6 Å². The summed E-state index contributed by atoms with van der Waals surface area (Å²) in [5, 5.41) is 8.72. The van der Waals surface area contributed by atoms with E-state index < -0.39 is 0 Å². The molecule has 0 spiro atoms. The fourth-order valence-electron chi connectivity index (χ4n) is 1.24. The molecule has 0 fully saturated rings. The van der Waals surface area contributed by atoms with E-state index in [0.717, 1.165) is 12.2 Å². The van der Waals surface area contributed by atoms with E-state index in [0.29, 0.717) is 13.0 Å². The van der Waals surface area contributed by atoms with Gasteiger partial charge in [-0.3, -0.25) is 0 Å². The second kappa shape index (κ2) is 6.43. The van der Waals surface area contributed by atoms with Crippen LogP contribution >= 0.6 is 0 Å². The van der Waals surface area contributed by atoms with Crippen molar-refractivity contribution in [2.45, 2.75) is 25.8 Å². The molecular formula is C12H19NO2. The summed E-state index contributed by atoms with van der Waals surface area (Å²) in [6, 6.07) is 7.86. The molecule has 1 atom stereocenters. The van der Waals surface area contributed by atoms with Gasteiger partial charge in [0.2, 0.25) is 0 Å². The van der Waals surface area contributed by atoms with Gasteiger partial charge in [0.1, 0.15) is 5.75 Å². The van der Waals surface area contributed by atoms with Gasteiger partial charge in [0.15, 0.2) is 0 Å². The highest BCUT2D eigenvalue weighted by molar-refractivity contribution is 5.27. The Morgan fingerprint density at radius 3 is 2.53 bits per heavy atom. The number of nitrogens with two attached hydrogens (primary N) is 1. The van der Waals surface area contributed by atoms with Gasteiger partial charge in [-0.1, -0.05) is 19.1 Å². The number of aliphatic hydroxyl groups excluding tert-OH is 1. The third kappa shape index (κ3) is 4.32. The monoisotopic (exact) mass is 209 g/mol. The van der Waals surface area contributed by atoms with Crippen molar-refractivity contribution in [1.29, 1.82) is 0 Å². The van der Waals surface area contributed by atoms with E-state index in [9.17, 15) is 0 Å². The highest BCUT2D eigenvalue weighted by atomic mass is 16.5. The molecule has 84 valence electrons. The molecule has 3 nitrogen and oxygen atoms in total. The zero-order chi connectivity index (χ0) is 11.1. The maximum Gasteiger partial charge on any atom is 0.119 e. The summed E-state index contributed by atoms with van der Waals surface area (Å²) in [6.07, 6.45) is 1.71. The SMILES string of the molecule is CCc1ccc(OCCC(N)CO)cc1. The smallest absolute Gasteiger partial charge is 0.119 e. The third-order valence-corrected chi connectivity index (χ3v) is 2.32. The normalized spacial score (nSPS) is 12.5. The van der Waals surface area contributed by atoms with Crippen molar-refractivity contribution in [2.24, 2.45) is 5.73 Å². The second-order valence-electron chi connectivity index (χ2n) is 3.58. The van der Waals surface area contributed by atoms with Crippen LogP contribution < -0.4 is 10.5 Å². The molecule has 0 amide bonds. The molecule has 0 aromatic heterocycles. The van der Waals surface area contributed by atoms with Gasteiger partial charge in [-0.2, -0.15) is 0 Å². The average Bonchev–Trinajstić information content (AvgIpc) is 2.29.